The third-order valence-corrected chi connectivity index (χ3v) is 3.93. The zero-order valence-corrected chi connectivity index (χ0v) is 10.4. The van der Waals surface area contributed by atoms with Crippen molar-refractivity contribution in [3.63, 3.8) is 0 Å². The van der Waals surface area contributed by atoms with Gasteiger partial charge in [0, 0.05) is 12.1 Å². The maximum Gasteiger partial charge on any atom is 0.261 e. The van der Waals surface area contributed by atoms with E-state index >= 15 is 0 Å². The molecule has 94 valence electrons. The van der Waals surface area contributed by atoms with Crippen LogP contribution in [0.2, 0.25) is 0 Å². The molecule has 2 amide bonds. The van der Waals surface area contributed by atoms with Gasteiger partial charge in [-0.1, -0.05) is 18.2 Å². The van der Waals surface area contributed by atoms with Gasteiger partial charge < -0.3 is 5.32 Å². The van der Waals surface area contributed by atoms with E-state index in [9.17, 15) is 9.59 Å². The van der Waals surface area contributed by atoms with Gasteiger partial charge in [0.05, 0.1) is 12.0 Å². The van der Waals surface area contributed by atoms with Gasteiger partial charge in [-0.2, -0.15) is 0 Å². The maximum atomic E-state index is 12.5. The number of imide groups is 1. The monoisotopic (exact) mass is 244 g/mol. The molecular weight excluding hydrogens is 228 g/mol. The molecule has 1 fully saturated rings. The quantitative estimate of drug-likeness (QED) is 0.749. The average molecular weight is 244 g/mol. The Labute approximate surface area is 106 Å². The Morgan fingerprint density at radius 3 is 2.78 bits per heavy atom. The van der Waals surface area contributed by atoms with Gasteiger partial charge in [-0.25, -0.2) is 0 Å². The van der Waals surface area contributed by atoms with E-state index in [4.69, 9.17) is 0 Å². The first-order valence-corrected chi connectivity index (χ1v) is 6.28. The molecule has 0 aliphatic carbocycles. The summed E-state index contributed by atoms with van der Waals surface area (Å²) in [7, 11) is 0. The van der Waals surface area contributed by atoms with Gasteiger partial charge in [0.25, 0.3) is 5.91 Å². The lowest BCUT2D eigenvalue weighted by molar-refractivity contribution is -0.132. The molecular formula is C14H16N2O2. The zero-order valence-electron chi connectivity index (χ0n) is 10.4. The smallest absolute Gasteiger partial charge is 0.261 e. The van der Waals surface area contributed by atoms with Crippen molar-refractivity contribution in [3.8, 4) is 0 Å². The van der Waals surface area contributed by atoms with Crippen molar-refractivity contribution in [1.82, 2.24) is 10.2 Å². The molecule has 4 heteroatoms. The van der Waals surface area contributed by atoms with Crippen LogP contribution in [0.15, 0.2) is 24.3 Å². The Hall–Kier alpha value is -1.68. The van der Waals surface area contributed by atoms with Gasteiger partial charge in [0.1, 0.15) is 0 Å². The number of hydrogen-bond donors (Lipinski definition) is 1. The Kier molecular flexibility index (Phi) is 2.48. The van der Waals surface area contributed by atoms with Crippen LogP contribution in [0.4, 0.5) is 0 Å². The van der Waals surface area contributed by atoms with E-state index in [0.717, 1.165) is 18.5 Å². The number of nitrogens with one attached hydrogen (secondary N) is 1. The molecule has 1 N–H and O–H groups in total. The van der Waals surface area contributed by atoms with Crippen molar-refractivity contribution in [2.24, 2.45) is 0 Å². The number of amides is 2. The lowest BCUT2D eigenvalue weighted by atomic mass is 9.91. The van der Waals surface area contributed by atoms with Crippen molar-refractivity contribution in [1.29, 1.82) is 0 Å². The highest BCUT2D eigenvalue weighted by molar-refractivity contribution is 6.10. The largest absolute Gasteiger partial charge is 0.314 e. The minimum Gasteiger partial charge on any atom is -0.314 e. The van der Waals surface area contributed by atoms with E-state index in [1.54, 1.807) is 0 Å². The van der Waals surface area contributed by atoms with Gasteiger partial charge >= 0.3 is 0 Å². The van der Waals surface area contributed by atoms with Crippen LogP contribution >= 0.6 is 0 Å². The van der Waals surface area contributed by atoms with E-state index in [-0.39, 0.29) is 17.4 Å². The minimum absolute atomic E-state index is 0.0788. The second-order valence-corrected chi connectivity index (χ2v) is 5.29. The molecule has 3 rings (SSSR count). The number of hydrogen-bond acceptors (Lipinski definition) is 3. The molecule has 1 saturated heterocycles. The maximum absolute atomic E-state index is 12.5. The van der Waals surface area contributed by atoms with Crippen molar-refractivity contribution in [2.75, 3.05) is 13.1 Å². The summed E-state index contributed by atoms with van der Waals surface area (Å²) in [5.41, 5.74) is 1.14. The number of fused-ring (bicyclic) bond motifs is 1. The SMILES string of the molecule is CC1(N2C(=O)Cc3ccccc3C2=O)CCNC1. The average Bonchev–Trinajstić information content (AvgIpc) is 2.77. The first kappa shape index (κ1) is 11.4. The highest BCUT2D eigenvalue weighted by atomic mass is 16.2. The van der Waals surface area contributed by atoms with E-state index in [2.05, 4.69) is 5.32 Å². The van der Waals surface area contributed by atoms with Crippen molar-refractivity contribution in [3.05, 3.63) is 35.4 Å². The van der Waals surface area contributed by atoms with Crippen molar-refractivity contribution < 1.29 is 9.59 Å². The lowest BCUT2D eigenvalue weighted by Gasteiger charge is -2.39. The molecule has 1 aromatic rings. The highest BCUT2D eigenvalue weighted by Crippen LogP contribution is 2.30. The van der Waals surface area contributed by atoms with Crippen LogP contribution in [0, 0.1) is 0 Å². The second kappa shape index (κ2) is 3.92. The molecule has 2 heterocycles. The molecule has 0 spiro atoms. The minimum atomic E-state index is -0.373. The van der Waals surface area contributed by atoms with E-state index in [0.29, 0.717) is 18.5 Å². The first-order chi connectivity index (χ1) is 8.62. The van der Waals surface area contributed by atoms with Crippen LogP contribution in [0.1, 0.15) is 29.3 Å². The van der Waals surface area contributed by atoms with E-state index < -0.39 is 0 Å². The first-order valence-electron chi connectivity index (χ1n) is 6.28. The van der Waals surface area contributed by atoms with Gasteiger partial charge in [-0.3, -0.25) is 14.5 Å². The zero-order chi connectivity index (χ0) is 12.8. The number of rotatable bonds is 1. The molecule has 1 aromatic carbocycles. The van der Waals surface area contributed by atoms with Gasteiger partial charge in [0.2, 0.25) is 5.91 Å². The summed E-state index contributed by atoms with van der Waals surface area (Å²) in [6, 6.07) is 7.38. The molecule has 18 heavy (non-hydrogen) atoms. The Bertz CT molecular complexity index is 518. The summed E-state index contributed by atoms with van der Waals surface area (Å²) >= 11 is 0. The normalized spacial score (nSPS) is 27.5. The highest BCUT2D eigenvalue weighted by Gasteiger charge is 2.44. The molecule has 0 saturated carbocycles. The van der Waals surface area contributed by atoms with Crippen LogP contribution in [-0.2, 0) is 11.2 Å². The van der Waals surface area contributed by atoms with Crippen molar-refractivity contribution >= 4 is 11.8 Å². The predicted octanol–water partition coefficient (Wildman–Crippen LogP) is 0.964. The summed E-state index contributed by atoms with van der Waals surface area (Å²) in [5, 5.41) is 3.23. The van der Waals surface area contributed by atoms with Crippen LogP contribution < -0.4 is 5.32 Å². The van der Waals surface area contributed by atoms with Crippen LogP contribution in [0.25, 0.3) is 0 Å². The molecule has 1 atom stereocenters. The number of benzene rings is 1. The topological polar surface area (TPSA) is 49.4 Å². The second-order valence-electron chi connectivity index (χ2n) is 5.29. The molecule has 2 aliphatic heterocycles. The van der Waals surface area contributed by atoms with E-state index in [1.807, 2.05) is 31.2 Å². The molecule has 1 unspecified atom stereocenters. The molecule has 0 bridgehead atoms. The summed E-state index contributed by atoms with van der Waals surface area (Å²) in [4.78, 5) is 26.2. The predicted molar refractivity (Wildman–Crippen MR) is 67.2 cm³/mol. The Morgan fingerprint density at radius 2 is 2.06 bits per heavy atom. The number of nitrogens with zero attached hydrogens (tertiary/aromatic N) is 1. The molecule has 2 aliphatic rings. The fourth-order valence-electron chi connectivity index (χ4n) is 2.90. The molecule has 4 nitrogen and oxygen atoms in total. The fourth-order valence-corrected chi connectivity index (χ4v) is 2.90. The Morgan fingerprint density at radius 1 is 1.28 bits per heavy atom. The summed E-state index contributed by atoms with van der Waals surface area (Å²) in [6.07, 6.45) is 1.16. The summed E-state index contributed by atoms with van der Waals surface area (Å²) in [5.74, 6) is -0.224. The number of carbonyl (C=O) groups excluding carboxylic acids is 2. The molecule has 0 aromatic heterocycles. The summed E-state index contributed by atoms with van der Waals surface area (Å²) < 4.78 is 0. The summed E-state index contributed by atoms with van der Waals surface area (Å²) in [6.45, 7) is 3.53. The van der Waals surface area contributed by atoms with Gasteiger partial charge in [0.15, 0.2) is 0 Å². The Balaban J connectivity index is 2.03. The lowest BCUT2D eigenvalue weighted by Crippen LogP contribution is -2.56. The third kappa shape index (κ3) is 1.56. The van der Waals surface area contributed by atoms with Gasteiger partial charge in [-0.05, 0) is 31.5 Å². The van der Waals surface area contributed by atoms with Gasteiger partial charge in [-0.15, -0.1) is 0 Å². The van der Waals surface area contributed by atoms with Crippen LogP contribution in [-0.4, -0.2) is 35.3 Å². The van der Waals surface area contributed by atoms with Crippen LogP contribution in [0.3, 0.4) is 0 Å². The van der Waals surface area contributed by atoms with Crippen molar-refractivity contribution in [2.45, 2.75) is 25.3 Å². The standard InChI is InChI=1S/C14H16N2O2/c1-14(6-7-15-9-14)16-12(17)8-10-4-2-3-5-11(10)13(16)18/h2-5,15H,6-9H2,1H3. The van der Waals surface area contributed by atoms with Crippen LogP contribution in [0.5, 0.6) is 0 Å². The molecule has 0 radical (unpaired) electrons. The van der Waals surface area contributed by atoms with E-state index in [1.165, 1.54) is 4.90 Å². The third-order valence-electron chi connectivity index (χ3n) is 3.93. The fraction of sp³-hybridized carbons (Fsp3) is 0.429. The number of carbonyl (C=O) groups is 2.